The number of carbonyl (C=O) groups excluding carboxylic acids is 1. The first kappa shape index (κ1) is 16.7. The standard InChI is InChI=1S/C17H25FN2O2/c1-17(2,3)16(21)20-10-8-19(9-11-20)12-13-22-15-7-5-4-6-14(15)18/h4-7H,8-13H2,1-3H3. The number of nitrogens with zero attached hydrogens (tertiary/aromatic N) is 2. The van der Waals surface area contributed by atoms with Crippen molar-refractivity contribution in [2.24, 2.45) is 5.41 Å². The number of hydrogen-bond donors (Lipinski definition) is 0. The average molecular weight is 308 g/mol. The van der Waals surface area contributed by atoms with Gasteiger partial charge in [-0.1, -0.05) is 32.9 Å². The van der Waals surface area contributed by atoms with Crippen molar-refractivity contribution in [1.82, 2.24) is 9.80 Å². The third kappa shape index (κ3) is 4.44. The summed E-state index contributed by atoms with van der Waals surface area (Å²) in [6.07, 6.45) is 0. The van der Waals surface area contributed by atoms with Crippen LogP contribution in [0, 0.1) is 11.2 Å². The number of halogens is 1. The Hall–Kier alpha value is -1.62. The summed E-state index contributed by atoms with van der Waals surface area (Å²) in [4.78, 5) is 16.4. The van der Waals surface area contributed by atoms with Crippen molar-refractivity contribution >= 4 is 5.91 Å². The molecule has 22 heavy (non-hydrogen) atoms. The van der Waals surface area contributed by atoms with Crippen molar-refractivity contribution in [3.63, 3.8) is 0 Å². The highest BCUT2D eigenvalue weighted by Gasteiger charge is 2.29. The summed E-state index contributed by atoms with van der Waals surface area (Å²) in [5.74, 6) is 0.168. The number of para-hydroxylation sites is 1. The van der Waals surface area contributed by atoms with Crippen LogP contribution >= 0.6 is 0 Å². The minimum absolute atomic E-state index is 0.203. The lowest BCUT2D eigenvalue weighted by Crippen LogP contribution is -2.52. The Balaban J connectivity index is 1.72. The first-order valence-corrected chi connectivity index (χ1v) is 7.77. The molecule has 1 aromatic rings. The third-order valence-corrected chi connectivity index (χ3v) is 3.80. The summed E-state index contributed by atoms with van der Waals surface area (Å²) in [5, 5.41) is 0. The molecule has 1 saturated heterocycles. The van der Waals surface area contributed by atoms with E-state index in [-0.39, 0.29) is 17.1 Å². The second kappa shape index (κ2) is 7.09. The van der Waals surface area contributed by atoms with Crippen molar-refractivity contribution in [2.75, 3.05) is 39.3 Å². The fourth-order valence-electron chi connectivity index (χ4n) is 2.50. The van der Waals surface area contributed by atoms with E-state index in [9.17, 15) is 9.18 Å². The van der Waals surface area contributed by atoms with Gasteiger partial charge < -0.3 is 9.64 Å². The van der Waals surface area contributed by atoms with E-state index in [1.54, 1.807) is 18.2 Å². The van der Waals surface area contributed by atoms with E-state index in [0.717, 1.165) is 32.7 Å². The fraction of sp³-hybridized carbons (Fsp3) is 0.588. The number of piperazine rings is 1. The molecule has 1 fully saturated rings. The molecule has 0 unspecified atom stereocenters. The highest BCUT2D eigenvalue weighted by atomic mass is 19.1. The molecule has 0 saturated carbocycles. The average Bonchev–Trinajstić information content (AvgIpc) is 2.48. The highest BCUT2D eigenvalue weighted by molar-refractivity contribution is 5.81. The topological polar surface area (TPSA) is 32.8 Å². The highest BCUT2D eigenvalue weighted by Crippen LogP contribution is 2.19. The summed E-state index contributed by atoms with van der Waals surface area (Å²) in [6.45, 7) is 10.2. The van der Waals surface area contributed by atoms with Crippen LogP contribution < -0.4 is 4.74 Å². The summed E-state index contributed by atoms with van der Waals surface area (Å²) >= 11 is 0. The second-order valence-electron chi connectivity index (χ2n) is 6.66. The van der Waals surface area contributed by atoms with Crippen molar-refractivity contribution in [3.05, 3.63) is 30.1 Å². The van der Waals surface area contributed by atoms with Gasteiger partial charge in [0.25, 0.3) is 0 Å². The lowest BCUT2D eigenvalue weighted by atomic mass is 9.94. The van der Waals surface area contributed by atoms with Crippen LogP contribution in [0.5, 0.6) is 5.75 Å². The molecule has 0 N–H and O–H groups in total. The lowest BCUT2D eigenvalue weighted by molar-refractivity contribution is -0.141. The van der Waals surface area contributed by atoms with Crippen LogP contribution in [-0.4, -0.2) is 55.0 Å². The van der Waals surface area contributed by atoms with E-state index in [1.165, 1.54) is 6.07 Å². The van der Waals surface area contributed by atoms with Gasteiger partial charge in [0.1, 0.15) is 6.61 Å². The molecule has 0 radical (unpaired) electrons. The Labute approximate surface area is 131 Å². The third-order valence-electron chi connectivity index (χ3n) is 3.80. The van der Waals surface area contributed by atoms with Crippen molar-refractivity contribution < 1.29 is 13.9 Å². The van der Waals surface area contributed by atoms with Crippen LogP contribution in [0.3, 0.4) is 0 Å². The molecule has 0 aromatic heterocycles. The van der Waals surface area contributed by atoms with Gasteiger partial charge in [-0.25, -0.2) is 4.39 Å². The number of hydrogen-bond acceptors (Lipinski definition) is 3. The molecule has 1 aliphatic rings. The zero-order chi connectivity index (χ0) is 16.2. The van der Waals surface area contributed by atoms with Gasteiger partial charge >= 0.3 is 0 Å². The molecule has 2 rings (SSSR count). The number of rotatable bonds is 4. The molecular weight excluding hydrogens is 283 g/mol. The van der Waals surface area contributed by atoms with E-state index in [2.05, 4.69) is 4.90 Å². The molecule has 0 aliphatic carbocycles. The van der Waals surface area contributed by atoms with Gasteiger partial charge in [-0.15, -0.1) is 0 Å². The summed E-state index contributed by atoms with van der Waals surface area (Å²) in [7, 11) is 0. The van der Waals surface area contributed by atoms with Gasteiger partial charge in [0.15, 0.2) is 11.6 Å². The van der Waals surface area contributed by atoms with Gasteiger partial charge in [-0.3, -0.25) is 9.69 Å². The smallest absolute Gasteiger partial charge is 0.228 e. The molecule has 1 heterocycles. The first-order valence-electron chi connectivity index (χ1n) is 7.77. The van der Waals surface area contributed by atoms with Crippen LogP contribution in [-0.2, 0) is 4.79 Å². The largest absolute Gasteiger partial charge is 0.489 e. The zero-order valence-corrected chi connectivity index (χ0v) is 13.6. The maximum absolute atomic E-state index is 13.4. The van der Waals surface area contributed by atoms with Crippen molar-refractivity contribution in [1.29, 1.82) is 0 Å². The van der Waals surface area contributed by atoms with Crippen LogP contribution in [0.1, 0.15) is 20.8 Å². The first-order chi connectivity index (χ1) is 10.4. The second-order valence-corrected chi connectivity index (χ2v) is 6.66. The molecular formula is C17H25FN2O2. The number of benzene rings is 1. The van der Waals surface area contributed by atoms with E-state index >= 15 is 0 Å². The Morgan fingerprint density at radius 2 is 1.82 bits per heavy atom. The maximum atomic E-state index is 13.4. The minimum atomic E-state index is -0.330. The predicted octanol–water partition coefficient (Wildman–Crippen LogP) is 2.39. The van der Waals surface area contributed by atoms with E-state index in [4.69, 9.17) is 4.74 Å². The Morgan fingerprint density at radius 3 is 2.41 bits per heavy atom. The SMILES string of the molecule is CC(C)(C)C(=O)N1CCN(CCOc2ccccc2F)CC1. The number of carbonyl (C=O) groups is 1. The molecule has 122 valence electrons. The summed E-state index contributed by atoms with van der Waals surface area (Å²) in [5.41, 5.74) is -0.323. The van der Waals surface area contributed by atoms with E-state index < -0.39 is 0 Å². The van der Waals surface area contributed by atoms with Gasteiger partial charge in [0, 0.05) is 38.1 Å². The Morgan fingerprint density at radius 1 is 1.18 bits per heavy atom. The molecule has 0 spiro atoms. The van der Waals surface area contributed by atoms with Crippen LogP contribution in [0.2, 0.25) is 0 Å². The molecule has 1 aliphatic heterocycles. The zero-order valence-electron chi connectivity index (χ0n) is 13.6. The Kier molecular flexibility index (Phi) is 5.40. The van der Waals surface area contributed by atoms with Gasteiger partial charge in [0.05, 0.1) is 0 Å². The van der Waals surface area contributed by atoms with Crippen molar-refractivity contribution in [3.8, 4) is 5.75 Å². The quantitative estimate of drug-likeness (QED) is 0.856. The van der Waals surface area contributed by atoms with Crippen LogP contribution in [0.15, 0.2) is 24.3 Å². The van der Waals surface area contributed by atoms with Crippen molar-refractivity contribution in [2.45, 2.75) is 20.8 Å². The van der Waals surface area contributed by atoms with Gasteiger partial charge in [-0.05, 0) is 12.1 Å². The Bertz CT molecular complexity index is 506. The predicted molar refractivity (Wildman–Crippen MR) is 84.4 cm³/mol. The normalized spacial score (nSPS) is 16.6. The molecule has 5 heteroatoms. The summed E-state index contributed by atoms with van der Waals surface area (Å²) in [6, 6.07) is 6.43. The molecule has 4 nitrogen and oxygen atoms in total. The number of ether oxygens (including phenoxy) is 1. The lowest BCUT2D eigenvalue weighted by Gasteiger charge is -2.37. The molecule has 0 bridgehead atoms. The molecule has 1 amide bonds. The van der Waals surface area contributed by atoms with E-state index in [1.807, 2.05) is 25.7 Å². The van der Waals surface area contributed by atoms with E-state index in [0.29, 0.717) is 12.4 Å². The monoisotopic (exact) mass is 308 g/mol. The van der Waals surface area contributed by atoms with Gasteiger partial charge in [-0.2, -0.15) is 0 Å². The molecule has 0 atom stereocenters. The molecule has 1 aromatic carbocycles. The summed E-state index contributed by atoms with van der Waals surface area (Å²) < 4.78 is 18.9. The van der Waals surface area contributed by atoms with Crippen LogP contribution in [0.25, 0.3) is 0 Å². The number of amides is 1. The minimum Gasteiger partial charge on any atom is -0.489 e. The van der Waals surface area contributed by atoms with Crippen LogP contribution in [0.4, 0.5) is 4.39 Å². The van der Waals surface area contributed by atoms with Gasteiger partial charge in [0.2, 0.25) is 5.91 Å². The maximum Gasteiger partial charge on any atom is 0.228 e. The fourth-order valence-corrected chi connectivity index (χ4v) is 2.50.